The molecule has 0 unspecified atom stereocenters. The van der Waals surface area contributed by atoms with Crippen molar-refractivity contribution in [2.45, 2.75) is 32.5 Å². The van der Waals surface area contributed by atoms with E-state index in [0.717, 1.165) is 22.9 Å². The molecular formula is C14H21BN2O. The molecule has 0 saturated carbocycles. The summed E-state index contributed by atoms with van der Waals surface area (Å²) in [6.07, 6.45) is 2.74. The molecule has 0 fully saturated rings. The first-order valence-electron chi connectivity index (χ1n) is 6.10. The number of nitrogens with two attached hydrogens (primary N) is 1. The van der Waals surface area contributed by atoms with Crippen molar-refractivity contribution in [3.8, 4) is 5.75 Å². The second-order valence-corrected chi connectivity index (χ2v) is 5.42. The molecule has 2 radical (unpaired) electrons. The summed E-state index contributed by atoms with van der Waals surface area (Å²) in [6, 6.07) is 5.49. The molecule has 0 spiro atoms. The first-order valence-corrected chi connectivity index (χ1v) is 6.10. The van der Waals surface area contributed by atoms with Gasteiger partial charge < -0.3 is 15.8 Å². The van der Waals surface area contributed by atoms with Gasteiger partial charge in [0, 0.05) is 11.6 Å². The molecule has 4 heteroatoms. The van der Waals surface area contributed by atoms with Crippen molar-refractivity contribution >= 4 is 18.7 Å². The van der Waals surface area contributed by atoms with Crippen LogP contribution in [0.1, 0.15) is 26.3 Å². The summed E-state index contributed by atoms with van der Waals surface area (Å²) in [5.74, 6) is 0.292. The third-order valence-electron chi connectivity index (χ3n) is 2.19. The van der Waals surface area contributed by atoms with Gasteiger partial charge in [-0.05, 0) is 24.6 Å². The SMILES string of the molecule is NCCc1c[nH]c2c(O)cccc12.[B]C(C)(C)C. The molecule has 1 aromatic heterocycles. The molecule has 0 aliphatic rings. The van der Waals surface area contributed by atoms with Gasteiger partial charge in [-0.25, -0.2) is 0 Å². The summed E-state index contributed by atoms with van der Waals surface area (Å²) in [7, 11) is 5.35. The Labute approximate surface area is 110 Å². The van der Waals surface area contributed by atoms with E-state index in [0.29, 0.717) is 12.3 Å². The zero-order valence-electron chi connectivity index (χ0n) is 11.3. The van der Waals surface area contributed by atoms with Crippen molar-refractivity contribution in [1.29, 1.82) is 0 Å². The monoisotopic (exact) mass is 244 g/mol. The van der Waals surface area contributed by atoms with E-state index in [4.69, 9.17) is 13.6 Å². The zero-order chi connectivity index (χ0) is 13.8. The van der Waals surface area contributed by atoms with Crippen LogP contribution in [-0.2, 0) is 6.42 Å². The second-order valence-electron chi connectivity index (χ2n) is 5.42. The van der Waals surface area contributed by atoms with Gasteiger partial charge in [0.15, 0.2) is 0 Å². The lowest BCUT2D eigenvalue weighted by Crippen LogP contribution is -2.01. The first kappa shape index (κ1) is 14.6. The fourth-order valence-corrected chi connectivity index (χ4v) is 1.56. The Morgan fingerprint density at radius 2 is 1.94 bits per heavy atom. The Bertz CT molecular complexity index is 494. The Morgan fingerprint density at radius 3 is 2.50 bits per heavy atom. The fourth-order valence-electron chi connectivity index (χ4n) is 1.56. The van der Waals surface area contributed by atoms with Gasteiger partial charge in [0.05, 0.1) is 13.4 Å². The molecule has 0 aliphatic carbocycles. The number of H-pyrrole nitrogens is 1. The van der Waals surface area contributed by atoms with Crippen LogP contribution in [-0.4, -0.2) is 24.5 Å². The maximum Gasteiger partial charge on any atom is 0.139 e. The number of phenolic OH excluding ortho intramolecular Hbond substituents is 1. The Kier molecular flexibility index (Phi) is 4.85. The average Bonchev–Trinajstić information content (AvgIpc) is 2.61. The van der Waals surface area contributed by atoms with Crippen LogP contribution in [0.15, 0.2) is 24.4 Å². The number of hydrogen-bond donors (Lipinski definition) is 3. The highest BCUT2D eigenvalue weighted by molar-refractivity contribution is 6.14. The Balaban J connectivity index is 0.000000280. The van der Waals surface area contributed by atoms with E-state index in [1.165, 1.54) is 0 Å². The minimum Gasteiger partial charge on any atom is -0.506 e. The number of rotatable bonds is 2. The van der Waals surface area contributed by atoms with E-state index in [1.54, 1.807) is 6.07 Å². The number of fused-ring (bicyclic) bond motifs is 1. The van der Waals surface area contributed by atoms with Crippen LogP contribution in [0.25, 0.3) is 10.9 Å². The maximum absolute atomic E-state index is 9.49. The summed E-state index contributed by atoms with van der Waals surface area (Å²) >= 11 is 0. The van der Waals surface area contributed by atoms with Gasteiger partial charge in [0.25, 0.3) is 0 Å². The number of aromatic hydroxyl groups is 1. The normalized spacial score (nSPS) is 11.1. The van der Waals surface area contributed by atoms with E-state index in [-0.39, 0.29) is 5.31 Å². The topological polar surface area (TPSA) is 62.0 Å². The number of aromatic amines is 1. The molecule has 0 aliphatic heterocycles. The summed E-state index contributed by atoms with van der Waals surface area (Å²) in [4.78, 5) is 3.04. The van der Waals surface area contributed by atoms with Crippen LogP contribution in [0.5, 0.6) is 5.75 Å². The third kappa shape index (κ3) is 4.45. The summed E-state index contributed by atoms with van der Waals surface area (Å²) < 4.78 is 0. The predicted molar refractivity (Wildman–Crippen MR) is 78.2 cm³/mol. The highest BCUT2D eigenvalue weighted by Gasteiger charge is 2.04. The molecule has 2 aromatic rings. The Morgan fingerprint density at radius 1 is 1.33 bits per heavy atom. The zero-order valence-corrected chi connectivity index (χ0v) is 11.3. The van der Waals surface area contributed by atoms with Crippen LogP contribution in [0.2, 0.25) is 5.31 Å². The number of aromatic nitrogens is 1. The number of hydrogen-bond acceptors (Lipinski definition) is 2. The van der Waals surface area contributed by atoms with Crippen molar-refractivity contribution in [3.05, 3.63) is 30.0 Å². The highest BCUT2D eigenvalue weighted by Crippen LogP contribution is 2.25. The van der Waals surface area contributed by atoms with Crippen LogP contribution in [0.3, 0.4) is 0 Å². The van der Waals surface area contributed by atoms with Gasteiger partial charge in [-0.1, -0.05) is 38.2 Å². The molecule has 4 N–H and O–H groups in total. The molecule has 1 aromatic carbocycles. The van der Waals surface area contributed by atoms with E-state index < -0.39 is 0 Å². The number of nitrogens with one attached hydrogen (secondary N) is 1. The number of benzene rings is 1. The molecule has 0 saturated heterocycles. The van der Waals surface area contributed by atoms with E-state index >= 15 is 0 Å². The van der Waals surface area contributed by atoms with Gasteiger partial charge in [-0.2, -0.15) is 0 Å². The molecule has 96 valence electrons. The predicted octanol–water partition coefficient (Wildman–Crippen LogP) is 2.75. The standard InChI is InChI=1S/C10H12N2O.C4H9B/c11-5-4-7-6-12-10-8(7)2-1-3-9(10)13;1-4(2,3)5/h1-3,6,12-13H,4-5,11H2;1-3H3. The quantitative estimate of drug-likeness (QED) is 0.711. The highest BCUT2D eigenvalue weighted by atomic mass is 16.3. The van der Waals surface area contributed by atoms with Gasteiger partial charge >= 0.3 is 0 Å². The molecule has 18 heavy (non-hydrogen) atoms. The lowest BCUT2D eigenvalue weighted by molar-refractivity contribution is 0.480. The van der Waals surface area contributed by atoms with Crippen molar-refractivity contribution in [2.24, 2.45) is 5.73 Å². The van der Waals surface area contributed by atoms with Gasteiger partial charge in [-0.15, -0.1) is 0 Å². The average molecular weight is 244 g/mol. The van der Waals surface area contributed by atoms with Crippen molar-refractivity contribution in [1.82, 2.24) is 4.98 Å². The molecule has 3 nitrogen and oxygen atoms in total. The molecule has 0 bridgehead atoms. The smallest absolute Gasteiger partial charge is 0.139 e. The summed E-state index contributed by atoms with van der Waals surface area (Å²) in [6.45, 7) is 6.52. The van der Waals surface area contributed by atoms with Gasteiger partial charge in [0.2, 0.25) is 0 Å². The van der Waals surface area contributed by atoms with Crippen LogP contribution >= 0.6 is 0 Å². The maximum atomic E-state index is 9.49. The molecule has 1 heterocycles. The lowest BCUT2D eigenvalue weighted by atomic mass is 9.75. The number of phenols is 1. The van der Waals surface area contributed by atoms with E-state index in [1.807, 2.05) is 39.1 Å². The lowest BCUT2D eigenvalue weighted by Gasteiger charge is -2.05. The van der Waals surface area contributed by atoms with Crippen LogP contribution in [0, 0.1) is 0 Å². The van der Waals surface area contributed by atoms with E-state index in [9.17, 15) is 5.11 Å². The van der Waals surface area contributed by atoms with Crippen molar-refractivity contribution in [3.63, 3.8) is 0 Å². The van der Waals surface area contributed by atoms with Gasteiger partial charge in [0.1, 0.15) is 5.75 Å². The molecule has 0 atom stereocenters. The fraction of sp³-hybridized carbons (Fsp3) is 0.429. The van der Waals surface area contributed by atoms with Crippen molar-refractivity contribution in [2.75, 3.05) is 6.54 Å². The van der Waals surface area contributed by atoms with Crippen molar-refractivity contribution < 1.29 is 5.11 Å². The summed E-state index contributed by atoms with van der Waals surface area (Å²) in [5.41, 5.74) is 7.43. The van der Waals surface area contributed by atoms with Crippen LogP contribution < -0.4 is 5.73 Å². The second kappa shape index (κ2) is 5.96. The molecular weight excluding hydrogens is 223 g/mol. The summed E-state index contributed by atoms with van der Waals surface area (Å²) in [5, 5.41) is 10.6. The minimum absolute atomic E-state index is 0. The molecule has 2 rings (SSSR count). The van der Waals surface area contributed by atoms with Gasteiger partial charge in [-0.3, -0.25) is 0 Å². The minimum atomic E-state index is 0. The Hall–Kier alpha value is -1.42. The van der Waals surface area contributed by atoms with Crippen LogP contribution in [0.4, 0.5) is 0 Å². The largest absolute Gasteiger partial charge is 0.506 e. The number of para-hydroxylation sites is 1. The van der Waals surface area contributed by atoms with E-state index in [2.05, 4.69) is 4.98 Å². The third-order valence-corrected chi connectivity index (χ3v) is 2.19. The molecule has 0 amide bonds. The first-order chi connectivity index (χ1) is 8.33.